The van der Waals surface area contributed by atoms with Crippen LogP contribution in [-0.4, -0.2) is 12.6 Å². The number of aryl methyl sites for hydroxylation is 1. The molecule has 0 radical (unpaired) electrons. The van der Waals surface area contributed by atoms with Crippen LogP contribution in [0.15, 0.2) is 79.4 Å². The molecule has 2 nitrogen and oxygen atoms in total. The first-order valence-corrected chi connectivity index (χ1v) is 13.1. The maximum Gasteiger partial charge on any atom is 0.330 e. The summed E-state index contributed by atoms with van der Waals surface area (Å²) in [7, 11) is 0. The largest absolute Gasteiger partial charge is 0.463 e. The molecule has 0 bridgehead atoms. The second kappa shape index (κ2) is 9.97. The molecule has 5 aromatic carbocycles. The molecule has 0 aromatic heterocycles. The van der Waals surface area contributed by atoms with Gasteiger partial charge in [0.1, 0.15) is 5.82 Å². The van der Waals surface area contributed by atoms with Crippen LogP contribution < -0.4 is 0 Å². The van der Waals surface area contributed by atoms with Gasteiger partial charge in [-0.1, -0.05) is 88.0 Å². The molecule has 188 valence electrons. The zero-order chi connectivity index (χ0) is 26.2. The molecule has 37 heavy (non-hydrogen) atoms. The molecule has 0 heterocycles. The van der Waals surface area contributed by atoms with Crippen LogP contribution >= 0.6 is 0 Å². The fourth-order valence-corrected chi connectivity index (χ4v) is 5.23. The van der Waals surface area contributed by atoms with Crippen LogP contribution in [0.2, 0.25) is 0 Å². The minimum Gasteiger partial charge on any atom is -0.463 e. The Morgan fingerprint density at radius 1 is 0.865 bits per heavy atom. The van der Waals surface area contributed by atoms with E-state index < -0.39 is 0 Å². The van der Waals surface area contributed by atoms with E-state index in [2.05, 4.69) is 81.9 Å². The van der Waals surface area contributed by atoms with Crippen molar-refractivity contribution in [2.24, 2.45) is 0 Å². The maximum absolute atomic E-state index is 15.4. The van der Waals surface area contributed by atoms with Crippen molar-refractivity contribution in [1.82, 2.24) is 0 Å². The van der Waals surface area contributed by atoms with Crippen molar-refractivity contribution in [2.75, 3.05) is 6.61 Å². The number of rotatable bonds is 8. The average molecular weight is 493 g/mol. The van der Waals surface area contributed by atoms with E-state index in [1.807, 2.05) is 6.07 Å². The molecule has 5 rings (SSSR count). The number of ether oxygens (including phenoxy) is 1. The zero-order valence-corrected chi connectivity index (χ0v) is 21.9. The second-order valence-electron chi connectivity index (χ2n) is 10.9. The lowest BCUT2D eigenvalue weighted by Crippen LogP contribution is -2.10. The fraction of sp³-hybridized carbons (Fsp3) is 0.265. The summed E-state index contributed by atoms with van der Waals surface area (Å²) in [6.45, 7) is 10.5. The second-order valence-corrected chi connectivity index (χ2v) is 10.9. The highest BCUT2D eigenvalue weighted by molar-refractivity contribution is 6.25. The highest BCUT2D eigenvalue weighted by atomic mass is 19.1. The number of carbonyl (C=O) groups is 1. The number of benzene rings is 5. The Balaban J connectivity index is 1.43. The van der Waals surface area contributed by atoms with Crippen LogP contribution in [0.5, 0.6) is 0 Å². The number of unbranched alkanes of at least 4 members (excludes halogenated alkanes) is 2. The van der Waals surface area contributed by atoms with Crippen molar-refractivity contribution in [1.29, 1.82) is 0 Å². The summed E-state index contributed by atoms with van der Waals surface area (Å²) in [4.78, 5) is 11.1. The summed E-state index contributed by atoms with van der Waals surface area (Å²) in [5, 5.41) is 6.22. The molecular weight excluding hydrogens is 459 g/mol. The minimum absolute atomic E-state index is 0.0426. The van der Waals surface area contributed by atoms with Crippen molar-refractivity contribution < 1.29 is 13.9 Å². The SMILES string of the molecule is C=CC(=O)OCCCCCc1ccc(-c2cc(F)c3ccc4cc(C(C)(C)C)cc5ccc2c3c45)cc1. The number of carbonyl (C=O) groups excluding carboxylic acids is 1. The molecule has 0 aliphatic heterocycles. The number of hydrogen-bond donors (Lipinski definition) is 0. The van der Waals surface area contributed by atoms with Crippen molar-refractivity contribution in [3.63, 3.8) is 0 Å². The molecule has 3 heteroatoms. The predicted molar refractivity (Wildman–Crippen MR) is 153 cm³/mol. The van der Waals surface area contributed by atoms with Crippen molar-refractivity contribution >= 4 is 38.3 Å². The molecule has 5 aromatic rings. The van der Waals surface area contributed by atoms with Gasteiger partial charge in [0, 0.05) is 16.8 Å². The van der Waals surface area contributed by atoms with Crippen molar-refractivity contribution in [3.05, 3.63) is 96.3 Å². The van der Waals surface area contributed by atoms with Gasteiger partial charge in [-0.15, -0.1) is 0 Å². The summed E-state index contributed by atoms with van der Waals surface area (Å²) in [6.07, 6.45) is 5.00. The van der Waals surface area contributed by atoms with Crippen molar-refractivity contribution in [2.45, 2.75) is 51.9 Å². The van der Waals surface area contributed by atoms with Crippen LogP contribution in [0.1, 0.15) is 51.2 Å². The Morgan fingerprint density at radius 3 is 2.19 bits per heavy atom. The van der Waals surface area contributed by atoms with Crippen molar-refractivity contribution in [3.8, 4) is 11.1 Å². The third kappa shape index (κ3) is 4.96. The topological polar surface area (TPSA) is 26.3 Å². The Kier molecular flexibility index (Phi) is 6.72. The van der Waals surface area contributed by atoms with Gasteiger partial charge in [-0.25, -0.2) is 9.18 Å². The fourth-order valence-electron chi connectivity index (χ4n) is 5.23. The first kappa shape index (κ1) is 25.0. The zero-order valence-electron chi connectivity index (χ0n) is 21.9. The van der Waals surface area contributed by atoms with Gasteiger partial charge >= 0.3 is 5.97 Å². The third-order valence-corrected chi connectivity index (χ3v) is 7.32. The van der Waals surface area contributed by atoms with Gasteiger partial charge in [0.05, 0.1) is 6.61 Å². The molecule has 0 unspecified atom stereocenters. The standard InChI is InChI=1S/C34H33FO2/c1-5-31(36)37-18-8-6-7-9-22-10-12-23(13-11-22)29-21-30(35)28-17-15-25-20-26(34(2,3)4)19-24-14-16-27(29)33(28)32(24)25/h5,10-17,19-21H,1,6-9,18H2,2-4H3. The molecule has 0 amide bonds. The first-order valence-electron chi connectivity index (χ1n) is 13.1. The van der Waals surface area contributed by atoms with Crippen LogP contribution in [-0.2, 0) is 21.4 Å². The number of hydrogen-bond acceptors (Lipinski definition) is 2. The minimum atomic E-state index is -0.367. The average Bonchev–Trinajstić information content (AvgIpc) is 2.89. The van der Waals surface area contributed by atoms with Gasteiger partial charge < -0.3 is 4.74 Å². The Morgan fingerprint density at radius 2 is 1.54 bits per heavy atom. The molecule has 0 N–H and O–H groups in total. The van der Waals surface area contributed by atoms with Gasteiger partial charge in [-0.2, -0.15) is 0 Å². The molecule has 0 aliphatic rings. The van der Waals surface area contributed by atoms with E-state index in [9.17, 15) is 4.79 Å². The highest BCUT2D eigenvalue weighted by Crippen LogP contribution is 2.42. The predicted octanol–water partition coefficient (Wildman–Crippen LogP) is 9.13. The monoisotopic (exact) mass is 492 g/mol. The summed E-state index contributed by atoms with van der Waals surface area (Å²) in [5.74, 6) is -0.550. The number of halogens is 1. The van der Waals surface area contributed by atoms with Gasteiger partial charge in [-0.3, -0.25) is 0 Å². The molecule has 0 fully saturated rings. The van der Waals surface area contributed by atoms with E-state index in [1.54, 1.807) is 6.07 Å². The summed E-state index contributed by atoms with van der Waals surface area (Å²) >= 11 is 0. The van der Waals surface area contributed by atoms with Crippen LogP contribution in [0.3, 0.4) is 0 Å². The van der Waals surface area contributed by atoms with Crippen LogP contribution in [0, 0.1) is 5.82 Å². The van der Waals surface area contributed by atoms with Crippen LogP contribution in [0.4, 0.5) is 4.39 Å². The Hall–Kier alpha value is -3.72. The van der Waals surface area contributed by atoms with E-state index >= 15 is 4.39 Å². The lowest BCUT2D eigenvalue weighted by molar-refractivity contribution is -0.137. The van der Waals surface area contributed by atoms with Gasteiger partial charge in [-0.05, 0) is 81.0 Å². The van der Waals surface area contributed by atoms with E-state index in [4.69, 9.17) is 4.74 Å². The lowest BCUT2D eigenvalue weighted by Gasteiger charge is -2.22. The normalized spacial score (nSPS) is 12.0. The van der Waals surface area contributed by atoms with Gasteiger partial charge in [0.15, 0.2) is 0 Å². The van der Waals surface area contributed by atoms with E-state index in [-0.39, 0.29) is 17.2 Å². The summed E-state index contributed by atoms with van der Waals surface area (Å²) < 4.78 is 20.5. The quantitative estimate of drug-likeness (QED) is 0.0934. The number of esters is 1. The first-order chi connectivity index (χ1) is 17.8. The lowest BCUT2D eigenvalue weighted by atomic mass is 9.82. The van der Waals surface area contributed by atoms with E-state index in [0.717, 1.165) is 63.7 Å². The molecule has 0 atom stereocenters. The summed E-state index contributed by atoms with van der Waals surface area (Å²) in [6, 6.07) is 23.0. The van der Waals surface area contributed by atoms with Crippen LogP contribution in [0.25, 0.3) is 43.4 Å². The molecule has 0 aliphatic carbocycles. The molecular formula is C34H33FO2. The molecule has 0 saturated carbocycles. The summed E-state index contributed by atoms with van der Waals surface area (Å²) in [5.41, 5.74) is 4.52. The maximum atomic E-state index is 15.4. The third-order valence-electron chi connectivity index (χ3n) is 7.32. The Labute approximate surface area is 218 Å². The molecule has 0 spiro atoms. The van der Waals surface area contributed by atoms with E-state index in [1.165, 1.54) is 17.2 Å². The molecule has 0 saturated heterocycles. The van der Waals surface area contributed by atoms with E-state index in [0.29, 0.717) is 12.0 Å². The van der Waals surface area contributed by atoms with Gasteiger partial charge in [0.2, 0.25) is 0 Å². The Bertz CT molecular complexity index is 1570. The highest BCUT2D eigenvalue weighted by Gasteiger charge is 2.19. The smallest absolute Gasteiger partial charge is 0.330 e. The van der Waals surface area contributed by atoms with Gasteiger partial charge in [0.25, 0.3) is 0 Å².